The highest BCUT2D eigenvalue weighted by Gasteiger charge is 2.42. The second kappa shape index (κ2) is 18.1. The molecule has 0 saturated carbocycles. The maximum atomic E-state index is 12.3. The first-order valence-electron chi connectivity index (χ1n) is 13.0. The number of hydrogen-bond acceptors (Lipinski definition) is 9. The molecule has 1 aliphatic heterocycles. The van der Waals surface area contributed by atoms with E-state index in [1.54, 1.807) is 6.92 Å². The number of unbranched alkanes of at least 4 members (excludes halogenated alkanes) is 8. The molecule has 0 aliphatic carbocycles. The van der Waals surface area contributed by atoms with Crippen LogP contribution in [0.25, 0.3) is 0 Å². The molecule has 200 valence electrons. The van der Waals surface area contributed by atoms with Crippen LogP contribution in [-0.2, 0) is 28.5 Å². The van der Waals surface area contributed by atoms with Gasteiger partial charge in [-0.25, -0.2) is 0 Å². The van der Waals surface area contributed by atoms with Gasteiger partial charge in [-0.15, -0.1) is 0 Å². The number of esters is 2. The van der Waals surface area contributed by atoms with Gasteiger partial charge in [-0.05, 0) is 19.8 Å². The Kier molecular flexibility index (Phi) is 16.4. The minimum Gasteiger partial charge on any atom is -0.462 e. The van der Waals surface area contributed by atoms with Crippen LogP contribution in [0.15, 0.2) is 0 Å². The van der Waals surface area contributed by atoms with E-state index in [0.29, 0.717) is 6.42 Å². The Morgan fingerprint density at radius 3 is 1.91 bits per heavy atom. The Hall–Kier alpha value is -1.26. The van der Waals surface area contributed by atoms with E-state index in [4.69, 9.17) is 18.9 Å². The monoisotopic (exact) mass is 490 g/mol. The van der Waals surface area contributed by atoms with Gasteiger partial charge in [0.15, 0.2) is 12.4 Å². The maximum absolute atomic E-state index is 12.3. The third-order valence-corrected chi connectivity index (χ3v) is 5.95. The van der Waals surface area contributed by atoms with Crippen molar-refractivity contribution in [2.45, 2.75) is 135 Å². The molecule has 0 amide bonds. The van der Waals surface area contributed by atoms with Crippen molar-refractivity contribution in [1.82, 2.24) is 0 Å². The second-order valence-electron chi connectivity index (χ2n) is 9.14. The Balaban J connectivity index is 2.54. The summed E-state index contributed by atoms with van der Waals surface area (Å²) >= 11 is 0. The lowest BCUT2D eigenvalue weighted by Crippen LogP contribution is -2.57. The number of hydrogen-bond donors (Lipinski definition) is 3. The minimum atomic E-state index is -1.47. The van der Waals surface area contributed by atoms with E-state index < -0.39 is 42.8 Å². The summed E-state index contributed by atoms with van der Waals surface area (Å²) in [6.45, 7) is 5.44. The predicted octanol–water partition coefficient (Wildman–Crippen LogP) is 3.01. The van der Waals surface area contributed by atoms with Gasteiger partial charge in [0.25, 0.3) is 0 Å². The van der Waals surface area contributed by atoms with Crippen LogP contribution in [0.4, 0.5) is 0 Å². The van der Waals surface area contributed by atoms with Crippen LogP contribution in [-0.4, -0.2) is 77.3 Å². The molecule has 0 unspecified atom stereocenters. The standard InChI is InChI=1S/C25H46O9/c1-4-6-8-10-12-14-20(26)31-16-19(34-21(27)15-13-11-9-7-5-2)17-32-25-24(30)23(29)22(28)18(3)33-25/h18-19,22-25,28-30H,4-17H2,1-3H3/t18-,19-,22+,23+,24-,25-/m1/s1. The first kappa shape index (κ1) is 30.8. The molecule has 6 atom stereocenters. The Morgan fingerprint density at radius 1 is 0.765 bits per heavy atom. The van der Waals surface area contributed by atoms with E-state index in [0.717, 1.165) is 64.2 Å². The van der Waals surface area contributed by atoms with E-state index in [9.17, 15) is 24.9 Å². The molecule has 1 rings (SSSR count). The molecule has 0 bridgehead atoms. The number of aliphatic hydroxyl groups is 3. The van der Waals surface area contributed by atoms with E-state index >= 15 is 0 Å². The molecule has 3 N–H and O–H groups in total. The summed E-state index contributed by atoms with van der Waals surface area (Å²) in [5, 5.41) is 29.9. The van der Waals surface area contributed by atoms with Gasteiger partial charge in [-0.2, -0.15) is 0 Å². The molecule has 1 fully saturated rings. The highest BCUT2D eigenvalue weighted by atomic mass is 16.7. The van der Waals surface area contributed by atoms with Crippen molar-refractivity contribution in [1.29, 1.82) is 0 Å². The first-order valence-corrected chi connectivity index (χ1v) is 13.0. The minimum absolute atomic E-state index is 0.168. The lowest BCUT2D eigenvalue weighted by molar-refractivity contribution is -0.297. The van der Waals surface area contributed by atoms with E-state index in [2.05, 4.69) is 13.8 Å². The van der Waals surface area contributed by atoms with E-state index in [-0.39, 0.29) is 25.6 Å². The fraction of sp³-hybridized carbons (Fsp3) is 0.920. The molecule has 0 aromatic heterocycles. The van der Waals surface area contributed by atoms with Crippen molar-refractivity contribution in [2.24, 2.45) is 0 Å². The average Bonchev–Trinajstić information content (AvgIpc) is 2.82. The fourth-order valence-electron chi connectivity index (χ4n) is 3.72. The van der Waals surface area contributed by atoms with Crippen LogP contribution < -0.4 is 0 Å². The van der Waals surface area contributed by atoms with Crippen molar-refractivity contribution in [3.63, 3.8) is 0 Å². The molecule has 0 radical (unpaired) electrons. The van der Waals surface area contributed by atoms with Gasteiger partial charge in [-0.3, -0.25) is 9.59 Å². The molecule has 9 nitrogen and oxygen atoms in total. The van der Waals surface area contributed by atoms with E-state index in [1.165, 1.54) is 0 Å². The number of carbonyl (C=O) groups is 2. The molecule has 0 aromatic rings. The van der Waals surface area contributed by atoms with Gasteiger partial charge < -0.3 is 34.3 Å². The number of rotatable bonds is 18. The fourth-order valence-corrected chi connectivity index (χ4v) is 3.72. The van der Waals surface area contributed by atoms with E-state index in [1.807, 2.05) is 0 Å². The maximum Gasteiger partial charge on any atom is 0.306 e. The number of carbonyl (C=O) groups excluding carboxylic acids is 2. The van der Waals surface area contributed by atoms with Crippen molar-refractivity contribution < 1.29 is 43.9 Å². The van der Waals surface area contributed by atoms with Crippen LogP contribution in [0.2, 0.25) is 0 Å². The highest BCUT2D eigenvalue weighted by Crippen LogP contribution is 2.22. The molecule has 34 heavy (non-hydrogen) atoms. The van der Waals surface area contributed by atoms with Crippen molar-refractivity contribution in [3.8, 4) is 0 Å². The third kappa shape index (κ3) is 12.4. The molecular weight excluding hydrogens is 444 g/mol. The largest absolute Gasteiger partial charge is 0.462 e. The van der Waals surface area contributed by atoms with Gasteiger partial charge in [0.1, 0.15) is 24.9 Å². The summed E-state index contributed by atoms with van der Waals surface area (Å²) in [4.78, 5) is 24.4. The summed E-state index contributed by atoms with van der Waals surface area (Å²) in [5.74, 6) is -0.770. The van der Waals surface area contributed by atoms with Gasteiger partial charge in [0.05, 0.1) is 12.7 Å². The molecule has 9 heteroatoms. The van der Waals surface area contributed by atoms with Crippen molar-refractivity contribution >= 4 is 11.9 Å². The number of aliphatic hydroxyl groups excluding tert-OH is 3. The van der Waals surface area contributed by atoms with Crippen LogP contribution in [0.1, 0.15) is 97.8 Å². The molecule has 0 spiro atoms. The zero-order valence-electron chi connectivity index (χ0n) is 21.2. The Labute approximate surface area is 204 Å². The normalized spacial score (nSPS) is 25.6. The molecule has 1 heterocycles. The molecular formula is C25H46O9. The zero-order valence-corrected chi connectivity index (χ0v) is 21.2. The van der Waals surface area contributed by atoms with Crippen molar-refractivity contribution in [2.75, 3.05) is 13.2 Å². The zero-order chi connectivity index (χ0) is 25.3. The lowest BCUT2D eigenvalue weighted by atomic mass is 10.0. The Bertz CT molecular complexity index is 557. The summed E-state index contributed by atoms with van der Waals surface area (Å²) in [6, 6.07) is 0. The summed E-state index contributed by atoms with van der Waals surface area (Å²) in [6.07, 6.45) is 3.63. The lowest BCUT2D eigenvalue weighted by Gasteiger charge is -2.39. The first-order chi connectivity index (χ1) is 16.3. The SMILES string of the molecule is CCCCCCCC(=O)OC[C@H](CO[C@@H]1O[C@H](C)[C@H](O)[C@H](O)[C@H]1O)OC(=O)CCCCCCC. The highest BCUT2D eigenvalue weighted by molar-refractivity contribution is 5.70. The van der Waals surface area contributed by atoms with Gasteiger partial charge >= 0.3 is 11.9 Å². The van der Waals surface area contributed by atoms with Gasteiger partial charge in [0, 0.05) is 12.8 Å². The molecule has 0 aromatic carbocycles. The van der Waals surface area contributed by atoms with Crippen LogP contribution in [0.5, 0.6) is 0 Å². The van der Waals surface area contributed by atoms with Crippen molar-refractivity contribution in [3.05, 3.63) is 0 Å². The third-order valence-electron chi connectivity index (χ3n) is 5.95. The number of ether oxygens (including phenoxy) is 4. The average molecular weight is 491 g/mol. The van der Waals surface area contributed by atoms with Crippen LogP contribution in [0.3, 0.4) is 0 Å². The van der Waals surface area contributed by atoms with Gasteiger partial charge in [0.2, 0.25) is 0 Å². The van der Waals surface area contributed by atoms with Crippen LogP contribution in [0, 0.1) is 0 Å². The van der Waals surface area contributed by atoms with Gasteiger partial charge in [-0.1, -0.05) is 65.2 Å². The smallest absolute Gasteiger partial charge is 0.306 e. The summed E-state index contributed by atoms with van der Waals surface area (Å²) < 4.78 is 21.8. The topological polar surface area (TPSA) is 132 Å². The molecule has 1 aliphatic rings. The molecule has 1 saturated heterocycles. The summed E-state index contributed by atoms with van der Waals surface area (Å²) in [7, 11) is 0. The van der Waals surface area contributed by atoms with Crippen LogP contribution >= 0.6 is 0 Å². The predicted molar refractivity (Wildman–Crippen MR) is 126 cm³/mol. The summed E-state index contributed by atoms with van der Waals surface area (Å²) in [5.41, 5.74) is 0. The second-order valence-corrected chi connectivity index (χ2v) is 9.14. The Morgan fingerprint density at radius 2 is 1.32 bits per heavy atom. The quantitative estimate of drug-likeness (QED) is 0.196.